The molecule has 0 bridgehead atoms. The molecule has 0 aromatic carbocycles. The highest BCUT2D eigenvalue weighted by atomic mass is 16.5. The molecule has 0 amide bonds. The Morgan fingerprint density at radius 2 is 1.04 bits per heavy atom. The van der Waals surface area contributed by atoms with E-state index in [4.69, 9.17) is 15.2 Å². The molecule has 8 nitrogen and oxygen atoms in total. The summed E-state index contributed by atoms with van der Waals surface area (Å²) in [6, 6.07) is 3.74. The maximum atomic E-state index is 12.4. The van der Waals surface area contributed by atoms with E-state index in [0.29, 0.717) is 43.6 Å². The van der Waals surface area contributed by atoms with Gasteiger partial charge in [-0.2, -0.15) is 0 Å². The third-order valence-corrected chi connectivity index (χ3v) is 11.4. The number of rotatable bonds is 41. The van der Waals surface area contributed by atoms with Crippen molar-refractivity contribution in [2.45, 2.75) is 214 Å². The summed E-state index contributed by atoms with van der Waals surface area (Å²) in [4.78, 5) is 31.7. The monoisotopic (exact) mass is 787 g/mol. The minimum Gasteiger partial charge on any atom is -0.466 e. The molecule has 0 fully saturated rings. The molecule has 0 aliphatic rings. The molecule has 0 aliphatic carbocycles. The number of esters is 2. The number of carbonyl (C=O) groups is 2. The molecule has 1 aromatic heterocycles. The molecular weight excluding hydrogens is 697 g/mol. The first-order valence-electron chi connectivity index (χ1n) is 23.9. The SMILES string of the molecule is CCCCCC(CCCCC)CCOC(=O)CCCCCCCN(CCCCCCCC(=O)OCCC(CCCC)CCCC)CCCNc1ncccc1N. The van der Waals surface area contributed by atoms with Crippen LogP contribution in [0.2, 0.25) is 0 Å². The molecular formula is C48H90N4O4. The van der Waals surface area contributed by atoms with Crippen LogP contribution in [0.5, 0.6) is 0 Å². The standard InChI is InChI=1S/C48H90N4O4/c1-5-9-19-29-44(30-20-10-6-2)35-42-56-47(54)33-22-16-14-18-24-39-52(40-26-37-51-48-45(49)31-25-36-50-48)38-23-17-13-15-21-32-46(53)55-41-34-43(27-11-7-3)28-12-8-4/h25,31,36,43-44H,5-24,26-30,32-35,37-42,49H2,1-4H3,(H,50,51). The number of nitrogens with zero attached hydrogens (tertiary/aromatic N) is 2. The van der Waals surface area contributed by atoms with E-state index >= 15 is 0 Å². The van der Waals surface area contributed by atoms with Gasteiger partial charge in [-0.3, -0.25) is 9.59 Å². The third kappa shape index (κ3) is 30.7. The average Bonchev–Trinajstić information content (AvgIpc) is 3.19. The highest BCUT2D eigenvalue weighted by Crippen LogP contribution is 2.22. The van der Waals surface area contributed by atoms with Crippen LogP contribution in [0.15, 0.2) is 18.3 Å². The highest BCUT2D eigenvalue weighted by Gasteiger charge is 2.12. The van der Waals surface area contributed by atoms with Gasteiger partial charge in [-0.05, 0) is 88.5 Å². The summed E-state index contributed by atoms with van der Waals surface area (Å²) in [6.45, 7) is 14.3. The van der Waals surface area contributed by atoms with Crippen LogP contribution in [0.3, 0.4) is 0 Å². The Morgan fingerprint density at radius 1 is 0.589 bits per heavy atom. The molecule has 0 saturated carbocycles. The van der Waals surface area contributed by atoms with Crippen molar-refractivity contribution >= 4 is 23.4 Å². The van der Waals surface area contributed by atoms with Crippen LogP contribution >= 0.6 is 0 Å². The Kier molecular flexibility index (Phi) is 35.2. The first-order chi connectivity index (χ1) is 27.4. The molecule has 326 valence electrons. The van der Waals surface area contributed by atoms with E-state index in [0.717, 1.165) is 76.9 Å². The maximum Gasteiger partial charge on any atom is 0.305 e. The molecule has 3 N–H and O–H groups in total. The molecule has 0 aliphatic heterocycles. The summed E-state index contributed by atoms with van der Waals surface area (Å²) >= 11 is 0. The number of nitrogens with two attached hydrogens (primary N) is 1. The summed E-state index contributed by atoms with van der Waals surface area (Å²) in [5, 5.41) is 3.40. The van der Waals surface area contributed by atoms with Gasteiger partial charge >= 0.3 is 11.9 Å². The molecule has 56 heavy (non-hydrogen) atoms. The van der Waals surface area contributed by atoms with Crippen molar-refractivity contribution in [3.63, 3.8) is 0 Å². The fourth-order valence-corrected chi connectivity index (χ4v) is 7.72. The molecule has 1 rings (SSSR count). The third-order valence-electron chi connectivity index (χ3n) is 11.4. The number of anilines is 2. The van der Waals surface area contributed by atoms with Crippen molar-refractivity contribution < 1.29 is 19.1 Å². The topological polar surface area (TPSA) is 107 Å². The lowest BCUT2D eigenvalue weighted by Gasteiger charge is -2.22. The van der Waals surface area contributed by atoms with E-state index in [1.54, 1.807) is 6.20 Å². The molecule has 0 radical (unpaired) electrons. The van der Waals surface area contributed by atoms with Crippen LogP contribution in [0.25, 0.3) is 0 Å². The molecule has 0 atom stereocenters. The van der Waals surface area contributed by atoms with Gasteiger partial charge in [-0.25, -0.2) is 4.98 Å². The Bertz CT molecular complexity index is 1020. The van der Waals surface area contributed by atoms with E-state index in [2.05, 4.69) is 42.9 Å². The van der Waals surface area contributed by atoms with Crippen LogP contribution in [0.1, 0.15) is 214 Å². The van der Waals surface area contributed by atoms with Gasteiger partial charge in [0.25, 0.3) is 0 Å². The molecule has 0 unspecified atom stereocenters. The second-order valence-electron chi connectivity index (χ2n) is 16.6. The number of hydrogen-bond acceptors (Lipinski definition) is 8. The number of hydrogen-bond donors (Lipinski definition) is 2. The zero-order chi connectivity index (χ0) is 40.7. The zero-order valence-corrected chi connectivity index (χ0v) is 37.2. The van der Waals surface area contributed by atoms with Gasteiger partial charge < -0.3 is 25.4 Å². The van der Waals surface area contributed by atoms with Gasteiger partial charge in [-0.1, -0.05) is 156 Å². The lowest BCUT2D eigenvalue weighted by atomic mass is 9.92. The second kappa shape index (κ2) is 38.2. The lowest BCUT2D eigenvalue weighted by Crippen LogP contribution is -2.28. The van der Waals surface area contributed by atoms with Gasteiger partial charge in [0.15, 0.2) is 0 Å². The fraction of sp³-hybridized carbons (Fsp3) is 0.854. The Labute approximate surface area is 346 Å². The van der Waals surface area contributed by atoms with Crippen molar-refractivity contribution in [2.75, 3.05) is 50.4 Å². The van der Waals surface area contributed by atoms with Crippen LogP contribution in [0.4, 0.5) is 11.5 Å². The predicted molar refractivity (Wildman–Crippen MR) is 239 cm³/mol. The van der Waals surface area contributed by atoms with E-state index < -0.39 is 0 Å². The van der Waals surface area contributed by atoms with Gasteiger partial charge in [0.2, 0.25) is 0 Å². The molecule has 0 spiro atoms. The van der Waals surface area contributed by atoms with Crippen LogP contribution < -0.4 is 11.1 Å². The number of unbranched alkanes of at least 4 members (excludes halogenated alkanes) is 14. The fourth-order valence-electron chi connectivity index (χ4n) is 7.72. The van der Waals surface area contributed by atoms with E-state index in [-0.39, 0.29) is 11.9 Å². The average molecular weight is 787 g/mol. The first-order valence-corrected chi connectivity index (χ1v) is 23.9. The number of aromatic nitrogens is 1. The van der Waals surface area contributed by atoms with Crippen molar-refractivity contribution in [3.8, 4) is 0 Å². The van der Waals surface area contributed by atoms with E-state index in [1.807, 2.05) is 12.1 Å². The molecule has 0 saturated heterocycles. The van der Waals surface area contributed by atoms with Crippen LogP contribution in [-0.2, 0) is 19.1 Å². The number of nitrogen functional groups attached to an aromatic ring is 1. The van der Waals surface area contributed by atoms with Crippen molar-refractivity contribution in [3.05, 3.63) is 18.3 Å². The zero-order valence-electron chi connectivity index (χ0n) is 37.2. The Balaban J connectivity index is 2.30. The van der Waals surface area contributed by atoms with Gasteiger partial charge in [-0.15, -0.1) is 0 Å². The summed E-state index contributed by atoms with van der Waals surface area (Å²) < 4.78 is 11.3. The number of ether oxygens (including phenoxy) is 2. The predicted octanol–water partition coefficient (Wildman–Crippen LogP) is 13.1. The second-order valence-corrected chi connectivity index (χ2v) is 16.6. The number of nitrogens with one attached hydrogen (secondary N) is 1. The largest absolute Gasteiger partial charge is 0.466 e. The minimum absolute atomic E-state index is 0.0120. The minimum atomic E-state index is -0.0170. The van der Waals surface area contributed by atoms with Crippen molar-refractivity contribution in [1.29, 1.82) is 0 Å². The highest BCUT2D eigenvalue weighted by molar-refractivity contribution is 5.69. The summed E-state index contributed by atoms with van der Waals surface area (Å²) in [7, 11) is 0. The van der Waals surface area contributed by atoms with E-state index in [1.165, 1.54) is 128 Å². The smallest absolute Gasteiger partial charge is 0.305 e. The first kappa shape index (κ1) is 51.7. The van der Waals surface area contributed by atoms with Crippen LogP contribution in [0, 0.1) is 11.8 Å². The summed E-state index contributed by atoms with van der Waals surface area (Å²) in [5.41, 5.74) is 6.76. The quantitative estimate of drug-likeness (QED) is 0.0499. The lowest BCUT2D eigenvalue weighted by molar-refractivity contribution is -0.145. The van der Waals surface area contributed by atoms with Crippen LogP contribution in [-0.4, -0.2) is 61.2 Å². The summed E-state index contributed by atoms with van der Waals surface area (Å²) in [6.07, 6.45) is 34.9. The van der Waals surface area contributed by atoms with Gasteiger partial charge in [0.1, 0.15) is 5.82 Å². The number of pyridine rings is 1. The van der Waals surface area contributed by atoms with E-state index in [9.17, 15) is 9.59 Å². The van der Waals surface area contributed by atoms with Crippen molar-refractivity contribution in [1.82, 2.24) is 9.88 Å². The van der Waals surface area contributed by atoms with Gasteiger partial charge in [0.05, 0.1) is 18.9 Å². The van der Waals surface area contributed by atoms with Gasteiger partial charge in [0, 0.05) is 25.6 Å². The summed E-state index contributed by atoms with van der Waals surface area (Å²) in [5.74, 6) is 2.15. The normalized spacial score (nSPS) is 11.6. The van der Waals surface area contributed by atoms with Crippen molar-refractivity contribution in [2.24, 2.45) is 11.8 Å². The Hall–Kier alpha value is -2.35. The molecule has 8 heteroatoms. The molecule has 1 heterocycles. The number of carbonyl (C=O) groups excluding carboxylic acids is 2. The maximum absolute atomic E-state index is 12.4. The Morgan fingerprint density at radius 3 is 1.52 bits per heavy atom. The molecule has 1 aromatic rings.